The second-order valence-electron chi connectivity index (χ2n) is 6.93. The lowest BCUT2D eigenvalue weighted by molar-refractivity contribution is -0.132. The molecule has 0 aliphatic carbocycles. The summed E-state index contributed by atoms with van der Waals surface area (Å²) in [6.07, 6.45) is 0.483. The van der Waals surface area contributed by atoms with Crippen LogP contribution < -0.4 is 20.3 Å². The Balaban J connectivity index is 1.52. The predicted molar refractivity (Wildman–Crippen MR) is 101 cm³/mol. The molecule has 1 unspecified atom stereocenters. The number of hydrogen-bond acceptors (Lipinski definition) is 5. The lowest BCUT2D eigenvalue weighted by Gasteiger charge is -2.36. The first-order valence-corrected chi connectivity index (χ1v) is 9.20. The molecule has 2 N–H and O–H groups in total. The number of urea groups is 1. The lowest BCUT2D eigenvalue weighted by atomic mass is 9.96. The zero-order valence-electron chi connectivity index (χ0n) is 15.4. The van der Waals surface area contributed by atoms with Crippen molar-refractivity contribution in [1.29, 1.82) is 0 Å². The smallest absolute Gasteiger partial charge is 0.322 e. The van der Waals surface area contributed by atoms with Gasteiger partial charge < -0.3 is 19.9 Å². The van der Waals surface area contributed by atoms with Crippen molar-refractivity contribution in [2.45, 2.75) is 25.3 Å². The van der Waals surface area contributed by atoms with Gasteiger partial charge in [0.15, 0.2) is 0 Å². The van der Waals surface area contributed by atoms with Gasteiger partial charge >= 0.3 is 6.03 Å². The van der Waals surface area contributed by atoms with Crippen LogP contribution in [-0.2, 0) is 9.59 Å². The number of hydrogen-bond donors (Lipinski definition) is 2. The number of amides is 4. The summed E-state index contributed by atoms with van der Waals surface area (Å²) in [4.78, 5) is 39.6. The van der Waals surface area contributed by atoms with Crippen molar-refractivity contribution >= 4 is 35.1 Å². The molecule has 8 nitrogen and oxygen atoms in total. The first-order chi connectivity index (χ1) is 12.8. The van der Waals surface area contributed by atoms with Crippen molar-refractivity contribution in [2.75, 3.05) is 38.2 Å². The van der Waals surface area contributed by atoms with Crippen LogP contribution in [0.2, 0.25) is 5.02 Å². The topological polar surface area (TPSA) is 91.0 Å². The van der Waals surface area contributed by atoms with Crippen molar-refractivity contribution in [3.05, 3.63) is 23.2 Å². The molecule has 0 saturated carbocycles. The highest BCUT2D eigenvalue weighted by molar-refractivity contribution is 6.32. The van der Waals surface area contributed by atoms with Gasteiger partial charge in [-0.3, -0.25) is 14.9 Å². The summed E-state index contributed by atoms with van der Waals surface area (Å²) >= 11 is 6.07. The summed E-state index contributed by atoms with van der Waals surface area (Å²) in [6.45, 7) is 4.22. The molecule has 0 aromatic heterocycles. The molecule has 2 aliphatic heterocycles. The van der Waals surface area contributed by atoms with Gasteiger partial charge in [-0.05, 0) is 25.5 Å². The van der Waals surface area contributed by atoms with Gasteiger partial charge in [-0.25, -0.2) is 4.79 Å². The first-order valence-electron chi connectivity index (χ1n) is 8.82. The number of ether oxygens (including phenoxy) is 1. The molecule has 1 aromatic rings. The van der Waals surface area contributed by atoms with Gasteiger partial charge in [-0.1, -0.05) is 11.6 Å². The van der Waals surface area contributed by atoms with E-state index in [0.717, 1.165) is 5.69 Å². The quantitative estimate of drug-likeness (QED) is 0.736. The highest BCUT2D eigenvalue weighted by atomic mass is 35.5. The summed E-state index contributed by atoms with van der Waals surface area (Å²) in [7, 11) is 1.58. The number of carbonyl (C=O) groups excluding carboxylic acids is 3. The standard InChI is InChI=1S/C18H23ClN4O4/c1-18(16(25)20-17(26)21-18)6-5-15(24)23-9-7-22(8-10-23)12-3-4-13(19)14(11-12)27-2/h3-4,11H,5-10H2,1-2H3,(H2,20,21,25,26). The van der Waals surface area contributed by atoms with Crippen molar-refractivity contribution in [2.24, 2.45) is 0 Å². The van der Waals surface area contributed by atoms with Gasteiger partial charge in [0.1, 0.15) is 11.3 Å². The number of imide groups is 1. The molecule has 0 radical (unpaired) electrons. The van der Waals surface area contributed by atoms with E-state index in [9.17, 15) is 14.4 Å². The van der Waals surface area contributed by atoms with Crippen LogP contribution in [0.15, 0.2) is 18.2 Å². The maximum absolute atomic E-state index is 12.5. The van der Waals surface area contributed by atoms with Gasteiger partial charge in [-0.15, -0.1) is 0 Å². The van der Waals surface area contributed by atoms with Gasteiger partial charge in [0.05, 0.1) is 12.1 Å². The Hall–Kier alpha value is -2.48. The van der Waals surface area contributed by atoms with Crippen LogP contribution in [0.3, 0.4) is 0 Å². The molecule has 4 amide bonds. The molecule has 1 aromatic carbocycles. The van der Waals surface area contributed by atoms with Crippen molar-refractivity contribution < 1.29 is 19.1 Å². The first kappa shape index (κ1) is 19.3. The number of rotatable bonds is 5. The van der Waals surface area contributed by atoms with E-state index in [4.69, 9.17) is 16.3 Å². The molecule has 0 bridgehead atoms. The Morgan fingerprint density at radius 2 is 1.96 bits per heavy atom. The summed E-state index contributed by atoms with van der Waals surface area (Å²) in [6, 6.07) is 5.11. The van der Waals surface area contributed by atoms with E-state index in [1.54, 1.807) is 25.0 Å². The monoisotopic (exact) mass is 394 g/mol. The Bertz CT molecular complexity index is 764. The van der Waals surface area contributed by atoms with Crippen LogP contribution in [0, 0.1) is 0 Å². The SMILES string of the molecule is COc1cc(N2CCN(C(=O)CCC3(C)NC(=O)NC3=O)CC2)ccc1Cl. The summed E-state index contributed by atoms with van der Waals surface area (Å²) in [5.74, 6) is 0.220. The Labute approximate surface area is 162 Å². The number of carbonyl (C=O) groups is 3. The fourth-order valence-electron chi connectivity index (χ4n) is 3.33. The average molecular weight is 395 g/mol. The molecular formula is C18H23ClN4O4. The van der Waals surface area contributed by atoms with Crippen molar-refractivity contribution in [3.63, 3.8) is 0 Å². The van der Waals surface area contributed by atoms with E-state index in [-0.39, 0.29) is 24.7 Å². The molecular weight excluding hydrogens is 372 g/mol. The highest BCUT2D eigenvalue weighted by Crippen LogP contribution is 2.30. The number of halogens is 1. The number of anilines is 1. The van der Waals surface area contributed by atoms with E-state index >= 15 is 0 Å². The number of methoxy groups -OCH3 is 1. The number of piperazine rings is 1. The minimum atomic E-state index is -1.02. The summed E-state index contributed by atoms with van der Waals surface area (Å²) < 4.78 is 5.26. The van der Waals surface area contributed by atoms with E-state index in [0.29, 0.717) is 37.0 Å². The second kappa shape index (κ2) is 7.64. The zero-order chi connectivity index (χ0) is 19.6. The van der Waals surface area contributed by atoms with Crippen molar-refractivity contribution in [1.82, 2.24) is 15.5 Å². The molecule has 2 fully saturated rings. The Morgan fingerprint density at radius 3 is 2.56 bits per heavy atom. The maximum atomic E-state index is 12.5. The second-order valence-corrected chi connectivity index (χ2v) is 7.33. The molecule has 9 heteroatoms. The van der Waals surface area contributed by atoms with Crippen LogP contribution >= 0.6 is 11.6 Å². The predicted octanol–water partition coefficient (Wildman–Crippen LogP) is 1.38. The third-order valence-corrected chi connectivity index (χ3v) is 5.40. The molecule has 146 valence electrons. The maximum Gasteiger partial charge on any atom is 0.322 e. The zero-order valence-corrected chi connectivity index (χ0v) is 16.1. The number of nitrogens with one attached hydrogen (secondary N) is 2. The largest absolute Gasteiger partial charge is 0.495 e. The van der Waals surface area contributed by atoms with E-state index in [1.807, 2.05) is 12.1 Å². The van der Waals surface area contributed by atoms with Gasteiger partial charge in [-0.2, -0.15) is 0 Å². The minimum Gasteiger partial charge on any atom is -0.495 e. The van der Waals surface area contributed by atoms with Gasteiger partial charge in [0.2, 0.25) is 5.91 Å². The van der Waals surface area contributed by atoms with Crippen LogP contribution in [0.4, 0.5) is 10.5 Å². The third kappa shape index (κ3) is 4.10. The van der Waals surface area contributed by atoms with Gasteiger partial charge in [0.25, 0.3) is 5.91 Å². The van der Waals surface area contributed by atoms with Crippen LogP contribution in [0.25, 0.3) is 0 Å². The minimum absolute atomic E-state index is 0.0153. The normalized spacial score (nSPS) is 22.5. The third-order valence-electron chi connectivity index (χ3n) is 5.09. The highest BCUT2D eigenvalue weighted by Gasteiger charge is 2.42. The Kier molecular flexibility index (Phi) is 5.46. The summed E-state index contributed by atoms with van der Waals surface area (Å²) in [5.41, 5.74) is -0.0183. The number of benzene rings is 1. The average Bonchev–Trinajstić information content (AvgIpc) is 2.92. The Morgan fingerprint density at radius 1 is 1.26 bits per heavy atom. The van der Waals surface area contributed by atoms with Crippen LogP contribution in [0.1, 0.15) is 19.8 Å². The number of nitrogens with zero attached hydrogens (tertiary/aromatic N) is 2. The molecule has 1 atom stereocenters. The van der Waals surface area contributed by atoms with Crippen molar-refractivity contribution in [3.8, 4) is 5.75 Å². The molecule has 27 heavy (non-hydrogen) atoms. The fraction of sp³-hybridized carbons (Fsp3) is 0.500. The van der Waals surface area contributed by atoms with Gasteiger partial charge in [0, 0.05) is 44.4 Å². The van der Waals surface area contributed by atoms with Crippen LogP contribution in [0.5, 0.6) is 5.75 Å². The van der Waals surface area contributed by atoms with E-state index in [2.05, 4.69) is 15.5 Å². The fourth-order valence-corrected chi connectivity index (χ4v) is 3.52. The summed E-state index contributed by atoms with van der Waals surface area (Å²) in [5, 5.41) is 5.35. The molecule has 2 aliphatic rings. The molecule has 0 spiro atoms. The van der Waals surface area contributed by atoms with Crippen LogP contribution in [-0.4, -0.2) is 61.6 Å². The molecule has 3 rings (SSSR count). The molecule has 2 heterocycles. The molecule has 2 saturated heterocycles. The van der Waals surface area contributed by atoms with E-state index < -0.39 is 11.6 Å². The lowest BCUT2D eigenvalue weighted by Crippen LogP contribution is -2.50. The van der Waals surface area contributed by atoms with E-state index in [1.165, 1.54) is 0 Å².